The number of halogens is 1. The summed E-state index contributed by atoms with van der Waals surface area (Å²) in [5.74, 6) is 0. The Labute approximate surface area is 78.9 Å². The van der Waals surface area contributed by atoms with Crippen LogP contribution >= 0.6 is 12.3 Å². The van der Waals surface area contributed by atoms with E-state index in [1.54, 1.807) is 0 Å². The van der Waals surface area contributed by atoms with Crippen LogP contribution in [0.1, 0.15) is 16.2 Å². The summed E-state index contributed by atoms with van der Waals surface area (Å²) in [6.45, 7) is 2.30. The predicted octanol–water partition coefficient (Wildman–Crippen LogP) is 2.76. The molecule has 0 saturated carbocycles. The van der Waals surface area contributed by atoms with Crippen LogP contribution in [0.3, 0.4) is 0 Å². The van der Waals surface area contributed by atoms with Crippen molar-refractivity contribution in [2.75, 3.05) is 0 Å². The molecule has 0 aliphatic heterocycles. The molecule has 1 radical (unpaired) electrons. The van der Waals surface area contributed by atoms with Crippen molar-refractivity contribution in [2.45, 2.75) is 10.6 Å². The van der Waals surface area contributed by atoms with E-state index in [1.165, 1.54) is 5.56 Å². The third kappa shape index (κ3) is 2.31. The van der Waals surface area contributed by atoms with Crippen molar-refractivity contribution < 1.29 is 0 Å². The second-order valence-electron chi connectivity index (χ2n) is 2.33. The van der Waals surface area contributed by atoms with Crippen LogP contribution in [-0.4, -0.2) is 20.6 Å². The Balaban J connectivity index is 2.75. The molecule has 10 heavy (non-hydrogen) atoms. The van der Waals surface area contributed by atoms with Crippen LogP contribution in [-0.2, 0) is 0 Å². The van der Waals surface area contributed by atoms with Gasteiger partial charge in [-0.15, -0.1) is 0 Å². The van der Waals surface area contributed by atoms with Gasteiger partial charge < -0.3 is 0 Å². The first-order valence-corrected chi connectivity index (χ1v) is 12.6. The zero-order valence-electron chi connectivity index (χ0n) is 5.92. The van der Waals surface area contributed by atoms with Crippen LogP contribution in [0, 0.1) is 0 Å². The molecule has 0 N–H and O–H groups in total. The van der Waals surface area contributed by atoms with E-state index >= 15 is 0 Å². The van der Waals surface area contributed by atoms with Crippen molar-refractivity contribution in [3.8, 4) is 0 Å². The molecule has 1 aromatic rings. The van der Waals surface area contributed by atoms with Crippen LogP contribution in [0.15, 0.2) is 30.3 Å². The van der Waals surface area contributed by atoms with Gasteiger partial charge in [-0.05, 0) is 0 Å². The Hall–Kier alpha value is 0.570. The van der Waals surface area contributed by atoms with Gasteiger partial charge in [0.15, 0.2) is 0 Å². The fraction of sp³-hybridized carbons (Fsp3) is 0.250. The maximum absolute atomic E-state index is 3.64. The molecule has 0 aliphatic rings. The summed E-state index contributed by atoms with van der Waals surface area (Å²) < 4.78 is 0.816. The monoisotopic (exact) mass is 299 g/mol. The molecule has 51 valence electrons. The van der Waals surface area contributed by atoms with Crippen LogP contribution in [0.2, 0.25) is 0 Å². The van der Waals surface area contributed by atoms with E-state index in [2.05, 4.69) is 49.6 Å². The first-order chi connectivity index (χ1) is 4.84. The Morgan fingerprint density at radius 2 is 1.90 bits per heavy atom. The summed E-state index contributed by atoms with van der Waals surface area (Å²) in [6, 6.07) is 10.7. The molecule has 0 nitrogen and oxygen atoms in total. The second kappa shape index (κ2) is 4.45. The number of hydrogen-bond acceptors (Lipinski definition) is 0. The van der Waals surface area contributed by atoms with Crippen molar-refractivity contribution in [2.24, 2.45) is 0 Å². The van der Waals surface area contributed by atoms with Crippen molar-refractivity contribution in [3.63, 3.8) is 0 Å². The molecular formula is C8H9BrIn. The van der Waals surface area contributed by atoms with Crippen LogP contribution in [0.5, 0.6) is 0 Å². The summed E-state index contributed by atoms with van der Waals surface area (Å²) in [7, 11) is 0. The Bertz CT molecular complexity index is 186. The van der Waals surface area contributed by atoms with E-state index in [4.69, 9.17) is 0 Å². The van der Waals surface area contributed by atoms with Gasteiger partial charge in [0.05, 0.1) is 0 Å². The molecule has 0 aliphatic carbocycles. The molecule has 0 fully saturated rings. The minimum atomic E-state index is -0.447. The third-order valence-electron chi connectivity index (χ3n) is 1.51. The topological polar surface area (TPSA) is 0 Å². The zero-order valence-corrected chi connectivity index (χ0v) is 10.8. The van der Waals surface area contributed by atoms with E-state index in [0.717, 1.165) is 3.67 Å². The quantitative estimate of drug-likeness (QED) is 0.788. The van der Waals surface area contributed by atoms with Crippen molar-refractivity contribution in [1.29, 1.82) is 0 Å². The van der Waals surface area contributed by atoms with Gasteiger partial charge in [-0.3, -0.25) is 0 Å². The third-order valence-corrected chi connectivity index (χ3v) is 9.01. The molecule has 0 aromatic heterocycles. The average molecular weight is 300 g/mol. The normalized spacial score (nSPS) is 12.6. The Morgan fingerprint density at radius 3 is 2.40 bits per heavy atom. The molecule has 0 bridgehead atoms. The van der Waals surface area contributed by atoms with Crippen molar-refractivity contribution in [1.82, 2.24) is 0 Å². The second-order valence-corrected chi connectivity index (χ2v) is 9.45. The standard InChI is InChI=1S/C8H9.BrH.In/c1-2-8-6-4-3-5-7-8;;/h2-7H,1H3;1H;/q;;+1/p-1. The number of rotatable bonds is 2. The van der Waals surface area contributed by atoms with E-state index in [-0.39, 0.29) is 0 Å². The molecule has 0 amide bonds. The SMILES string of the molecule is C[CH]([In][Br])c1ccccc1. The van der Waals surface area contributed by atoms with Gasteiger partial charge in [0.1, 0.15) is 0 Å². The first-order valence-electron chi connectivity index (χ1n) is 3.33. The molecule has 1 unspecified atom stereocenters. The summed E-state index contributed by atoms with van der Waals surface area (Å²) in [5, 5.41) is 0. The van der Waals surface area contributed by atoms with Crippen molar-refractivity contribution >= 4 is 32.9 Å². The summed E-state index contributed by atoms with van der Waals surface area (Å²) in [6.07, 6.45) is 0. The molecule has 1 aromatic carbocycles. The van der Waals surface area contributed by atoms with Gasteiger partial charge >= 0.3 is 79.4 Å². The van der Waals surface area contributed by atoms with Gasteiger partial charge in [0.2, 0.25) is 0 Å². The van der Waals surface area contributed by atoms with Gasteiger partial charge in [0.25, 0.3) is 0 Å². The van der Waals surface area contributed by atoms with E-state index in [9.17, 15) is 0 Å². The number of hydrogen-bond donors (Lipinski definition) is 0. The zero-order chi connectivity index (χ0) is 7.40. The van der Waals surface area contributed by atoms with Crippen LogP contribution in [0.4, 0.5) is 0 Å². The van der Waals surface area contributed by atoms with E-state index in [1.807, 2.05) is 0 Å². The minimum absolute atomic E-state index is 0.447. The maximum atomic E-state index is 3.64. The van der Waals surface area contributed by atoms with Crippen LogP contribution in [0.25, 0.3) is 0 Å². The van der Waals surface area contributed by atoms with Gasteiger partial charge in [0, 0.05) is 0 Å². The van der Waals surface area contributed by atoms with Gasteiger partial charge in [-0.2, -0.15) is 0 Å². The fourth-order valence-corrected chi connectivity index (χ4v) is 3.93. The molecule has 0 spiro atoms. The summed E-state index contributed by atoms with van der Waals surface area (Å²) in [5.41, 5.74) is 1.49. The molecule has 2 heteroatoms. The molecule has 1 rings (SSSR count). The van der Waals surface area contributed by atoms with Gasteiger partial charge in [-0.1, -0.05) is 0 Å². The first kappa shape index (κ1) is 8.66. The Morgan fingerprint density at radius 1 is 1.30 bits per heavy atom. The summed E-state index contributed by atoms with van der Waals surface area (Å²) in [4.78, 5) is 0. The average Bonchev–Trinajstić information content (AvgIpc) is 2.05. The molecule has 1 atom stereocenters. The van der Waals surface area contributed by atoms with Gasteiger partial charge in [-0.25, -0.2) is 0 Å². The molecular weight excluding hydrogens is 291 g/mol. The van der Waals surface area contributed by atoms with E-state index in [0.29, 0.717) is 0 Å². The fourth-order valence-electron chi connectivity index (χ4n) is 0.829. The van der Waals surface area contributed by atoms with E-state index < -0.39 is 20.6 Å². The predicted molar refractivity (Wildman–Crippen MR) is 49.5 cm³/mol. The molecule has 0 heterocycles. The molecule has 0 saturated heterocycles. The summed E-state index contributed by atoms with van der Waals surface area (Å²) >= 11 is 3.19. The Kier molecular flexibility index (Phi) is 3.85. The number of benzene rings is 1. The van der Waals surface area contributed by atoms with Crippen molar-refractivity contribution in [3.05, 3.63) is 35.9 Å². The van der Waals surface area contributed by atoms with Crippen LogP contribution < -0.4 is 0 Å².